The Bertz CT molecular complexity index is 851. The van der Waals surface area contributed by atoms with Crippen LogP contribution in [0.3, 0.4) is 0 Å². The molecule has 0 bridgehead atoms. The number of ether oxygens (including phenoxy) is 1. The molecule has 6 nitrogen and oxygen atoms in total. The maximum absolute atomic E-state index is 12.4. The minimum atomic E-state index is -0.132. The molecule has 1 aliphatic heterocycles. The van der Waals surface area contributed by atoms with Crippen LogP contribution in [0.2, 0.25) is 5.02 Å². The fraction of sp³-hybridized carbons (Fsp3) is 0.333. The SMILES string of the molecule is COc1ccc(CCC(=O)Nc2ccccc2NC(=O)N2CCCC2)cc1Cl. The number of aryl methyl sites for hydroxylation is 1. The van der Waals surface area contributed by atoms with Gasteiger partial charge in [0.25, 0.3) is 0 Å². The second-order valence-electron chi connectivity index (χ2n) is 6.69. The number of hydrogen-bond donors (Lipinski definition) is 2. The maximum Gasteiger partial charge on any atom is 0.321 e. The van der Waals surface area contributed by atoms with E-state index < -0.39 is 0 Å². The summed E-state index contributed by atoms with van der Waals surface area (Å²) in [6, 6.07) is 12.6. The summed E-state index contributed by atoms with van der Waals surface area (Å²) >= 11 is 6.13. The predicted octanol–water partition coefficient (Wildman–Crippen LogP) is 4.55. The molecule has 0 unspecified atom stereocenters. The lowest BCUT2D eigenvalue weighted by Crippen LogP contribution is -2.32. The number of halogens is 1. The van der Waals surface area contributed by atoms with Gasteiger partial charge in [-0.3, -0.25) is 4.79 Å². The number of anilines is 2. The van der Waals surface area contributed by atoms with Crippen molar-refractivity contribution in [3.8, 4) is 5.75 Å². The molecule has 7 heteroatoms. The Hall–Kier alpha value is -2.73. The highest BCUT2D eigenvalue weighted by Gasteiger charge is 2.19. The van der Waals surface area contributed by atoms with Crippen molar-refractivity contribution < 1.29 is 14.3 Å². The van der Waals surface area contributed by atoms with E-state index in [-0.39, 0.29) is 11.9 Å². The normalized spacial score (nSPS) is 13.3. The number of hydrogen-bond acceptors (Lipinski definition) is 3. The Balaban J connectivity index is 1.58. The van der Waals surface area contributed by atoms with Crippen LogP contribution in [-0.4, -0.2) is 37.0 Å². The van der Waals surface area contributed by atoms with Crippen LogP contribution >= 0.6 is 11.6 Å². The fourth-order valence-corrected chi connectivity index (χ4v) is 3.43. The quantitative estimate of drug-likeness (QED) is 0.746. The zero-order chi connectivity index (χ0) is 19.9. The standard InChI is InChI=1S/C21H24ClN3O3/c1-28-19-10-8-15(14-16(19)22)9-11-20(26)23-17-6-2-3-7-18(17)24-21(27)25-12-4-5-13-25/h2-3,6-8,10,14H,4-5,9,11-13H2,1H3,(H,23,26)(H,24,27). The Morgan fingerprint density at radius 3 is 2.39 bits per heavy atom. The van der Waals surface area contributed by atoms with Gasteiger partial charge in [-0.25, -0.2) is 4.79 Å². The monoisotopic (exact) mass is 401 g/mol. The van der Waals surface area contributed by atoms with E-state index in [9.17, 15) is 9.59 Å². The van der Waals surface area contributed by atoms with Crippen LogP contribution in [0.1, 0.15) is 24.8 Å². The first-order valence-corrected chi connectivity index (χ1v) is 9.72. The Morgan fingerprint density at radius 2 is 1.75 bits per heavy atom. The van der Waals surface area contributed by atoms with Gasteiger partial charge in [0.05, 0.1) is 23.5 Å². The molecule has 1 fully saturated rings. The average Bonchev–Trinajstić information content (AvgIpc) is 3.23. The molecule has 2 aromatic carbocycles. The number of methoxy groups -OCH3 is 1. The summed E-state index contributed by atoms with van der Waals surface area (Å²) in [5.74, 6) is 0.479. The lowest BCUT2D eigenvalue weighted by atomic mass is 10.1. The Kier molecular flexibility index (Phi) is 6.76. The van der Waals surface area contributed by atoms with Gasteiger partial charge in [0.15, 0.2) is 0 Å². The third-order valence-electron chi connectivity index (χ3n) is 4.69. The molecule has 2 N–H and O–H groups in total. The third-order valence-corrected chi connectivity index (χ3v) is 4.99. The predicted molar refractivity (Wildman–Crippen MR) is 111 cm³/mol. The summed E-state index contributed by atoms with van der Waals surface area (Å²) in [6.45, 7) is 1.54. The number of likely N-dealkylation sites (tertiary alicyclic amines) is 1. The molecule has 3 amide bonds. The average molecular weight is 402 g/mol. The van der Waals surface area contributed by atoms with Gasteiger partial charge in [-0.15, -0.1) is 0 Å². The molecule has 0 radical (unpaired) electrons. The Labute approximate surface area is 169 Å². The van der Waals surface area contributed by atoms with Crippen molar-refractivity contribution in [3.63, 3.8) is 0 Å². The van der Waals surface area contributed by atoms with Gasteiger partial charge in [-0.1, -0.05) is 29.8 Å². The molecule has 1 heterocycles. The van der Waals surface area contributed by atoms with Gasteiger partial charge < -0.3 is 20.3 Å². The second kappa shape index (κ2) is 9.46. The first-order valence-electron chi connectivity index (χ1n) is 9.34. The highest BCUT2D eigenvalue weighted by Crippen LogP contribution is 2.26. The minimum Gasteiger partial charge on any atom is -0.495 e. The van der Waals surface area contributed by atoms with Crippen molar-refractivity contribution in [1.82, 2.24) is 4.90 Å². The van der Waals surface area contributed by atoms with E-state index in [0.717, 1.165) is 31.5 Å². The molecule has 1 saturated heterocycles. The highest BCUT2D eigenvalue weighted by molar-refractivity contribution is 6.32. The molecular formula is C21H24ClN3O3. The maximum atomic E-state index is 12.4. The van der Waals surface area contributed by atoms with E-state index in [1.54, 1.807) is 36.3 Å². The molecule has 0 spiro atoms. The topological polar surface area (TPSA) is 70.7 Å². The van der Waals surface area contributed by atoms with Crippen molar-refractivity contribution in [2.75, 3.05) is 30.8 Å². The van der Waals surface area contributed by atoms with E-state index in [4.69, 9.17) is 16.3 Å². The number of nitrogens with one attached hydrogen (secondary N) is 2. The summed E-state index contributed by atoms with van der Waals surface area (Å²) in [4.78, 5) is 26.5. The van der Waals surface area contributed by atoms with Gasteiger partial charge in [0.1, 0.15) is 5.75 Å². The van der Waals surface area contributed by atoms with Crippen LogP contribution in [0.5, 0.6) is 5.75 Å². The molecule has 0 saturated carbocycles. The molecule has 1 aliphatic rings. The first-order chi connectivity index (χ1) is 13.6. The van der Waals surface area contributed by atoms with E-state index in [2.05, 4.69) is 10.6 Å². The van der Waals surface area contributed by atoms with E-state index in [1.165, 1.54) is 0 Å². The van der Waals surface area contributed by atoms with Gasteiger partial charge in [-0.2, -0.15) is 0 Å². The molecule has 28 heavy (non-hydrogen) atoms. The van der Waals surface area contributed by atoms with Crippen LogP contribution in [0.25, 0.3) is 0 Å². The van der Waals surface area contributed by atoms with Gasteiger partial charge in [0, 0.05) is 19.5 Å². The number of para-hydroxylation sites is 2. The number of carbonyl (C=O) groups is 2. The highest BCUT2D eigenvalue weighted by atomic mass is 35.5. The molecule has 0 aliphatic carbocycles. The smallest absolute Gasteiger partial charge is 0.321 e. The fourth-order valence-electron chi connectivity index (χ4n) is 3.15. The van der Waals surface area contributed by atoms with E-state index in [1.807, 2.05) is 18.2 Å². The van der Waals surface area contributed by atoms with Crippen molar-refractivity contribution >= 4 is 34.9 Å². The molecule has 0 atom stereocenters. The number of urea groups is 1. The van der Waals surface area contributed by atoms with Crippen molar-refractivity contribution in [2.45, 2.75) is 25.7 Å². The molecule has 148 valence electrons. The third kappa shape index (κ3) is 5.16. The van der Waals surface area contributed by atoms with Gasteiger partial charge in [0.2, 0.25) is 5.91 Å². The van der Waals surface area contributed by atoms with Crippen LogP contribution < -0.4 is 15.4 Å². The molecule has 2 aromatic rings. The van der Waals surface area contributed by atoms with Crippen LogP contribution in [-0.2, 0) is 11.2 Å². The number of amides is 3. The van der Waals surface area contributed by atoms with Crippen molar-refractivity contribution in [1.29, 1.82) is 0 Å². The number of nitrogens with zero attached hydrogens (tertiary/aromatic N) is 1. The number of rotatable bonds is 6. The molecular weight excluding hydrogens is 378 g/mol. The van der Waals surface area contributed by atoms with Gasteiger partial charge >= 0.3 is 6.03 Å². The van der Waals surface area contributed by atoms with E-state index >= 15 is 0 Å². The summed E-state index contributed by atoms with van der Waals surface area (Å²) < 4.78 is 5.14. The summed E-state index contributed by atoms with van der Waals surface area (Å²) in [6.07, 6.45) is 2.91. The lowest BCUT2D eigenvalue weighted by Gasteiger charge is -2.18. The summed E-state index contributed by atoms with van der Waals surface area (Å²) in [5.41, 5.74) is 2.14. The zero-order valence-electron chi connectivity index (χ0n) is 15.8. The summed E-state index contributed by atoms with van der Waals surface area (Å²) in [5, 5.41) is 6.30. The number of benzene rings is 2. The lowest BCUT2D eigenvalue weighted by molar-refractivity contribution is -0.116. The Morgan fingerprint density at radius 1 is 1.07 bits per heavy atom. The first kappa shape index (κ1) is 20.0. The molecule has 0 aromatic heterocycles. The van der Waals surface area contributed by atoms with Crippen LogP contribution in [0, 0.1) is 0 Å². The van der Waals surface area contributed by atoms with E-state index in [0.29, 0.717) is 35.0 Å². The minimum absolute atomic E-state index is 0.130. The molecule has 3 rings (SSSR count). The second-order valence-corrected chi connectivity index (χ2v) is 7.09. The van der Waals surface area contributed by atoms with Crippen LogP contribution in [0.15, 0.2) is 42.5 Å². The van der Waals surface area contributed by atoms with Crippen molar-refractivity contribution in [2.24, 2.45) is 0 Å². The van der Waals surface area contributed by atoms with Crippen molar-refractivity contribution in [3.05, 3.63) is 53.1 Å². The number of carbonyl (C=O) groups excluding carboxylic acids is 2. The van der Waals surface area contributed by atoms with Gasteiger partial charge in [-0.05, 0) is 49.1 Å². The van der Waals surface area contributed by atoms with Crippen LogP contribution in [0.4, 0.5) is 16.2 Å². The zero-order valence-corrected chi connectivity index (χ0v) is 16.6. The summed E-state index contributed by atoms with van der Waals surface area (Å²) in [7, 11) is 1.56. The largest absolute Gasteiger partial charge is 0.495 e.